The van der Waals surface area contributed by atoms with Crippen LogP contribution in [-0.2, 0) is 17.9 Å². The standard InChI is InChI=1S/C21H20N4O3/c1-14-5-8-16(9-6-14)25-20-18(4-3-11-22-20)24(21(25)27)13-19(26)23-12-17-10-7-15(2)28-17/h3-11H,12-13H2,1-2H3,(H,23,26). The Morgan fingerprint density at radius 3 is 2.61 bits per heavy atom. The third-order valence-electron chi connectivity index (χ3n) is 4.54. The van der Waals surface area contributed by atoms with Crippen LogP contribution < -0.4 is 11.0 Å². The third-order valence-corrected chi connectivity index (χ3v) is 4.54. The van der Waals surface area contributed by atoms with Gasteiger partial charge in [0.05, 0.1) is 17.7 Å². The highest BCUT2D eigenvalue weighted by atomic mass is 16.3. The Labute approximate surface area is 161 Å². The summed E-state index contributed by atoms with van der Waals surface area (Å²) in [5, 5.41) is 2.79. The van der Waals surface area contributed by atoms with E-state index < -0.39 is 0 Å². The first-order valence-corrected chi connectivity index (χ1v) is 8.98. The van der Waals surface area contributed by atoms with Gasteiger partial charge in [-0.15, -0.1) is 0 Å². The molecular formula is C21H20N4O3. The Hall–Kier alpha value is -3.61. The number of carbonyl (C=O) groups is 1. The first-order chi connectivity index (χ1) is 13.5. The summed E-state index contributed by atoms with van der Waals surface area (Å²) in [6.07, 6.45) is 1.64. The number of nitrogens with one attached hydrogen (secondary N) is 1. The molecule has 0 saturated heterocycles. The van der Waals surface area contributed by atoms with Crippen LogP contribution in [0.1, 0.15) is 17.1 Å². The fraction of sp³-hybridized carbons (Fsp3) is 0.190. The molecule has 3 aromatic heterocycles. The number of imidazole rings is 1. The highest BCUT2D eigenvalue weighted by molar-refractivity contribution is 5.80. The molecule has 0 aliphatic rings. The van der Waals surface area contributed by atoms with Crippen molar-refractivity contribution < 1.29 is 9.21 Å². The van der Waals surface area contributed by atoms with E-state index in [-0.39, 0.29) is 24.7 Å². The van der Waals surface area contributed by atoms with Gasteiger partial charge >= 0.3 is 5.69 Å². The molecule has 4 rings (SSSR count). The van der Waals surface area contributed by atoms with Crippen molar-refractivity contribution in [2.24, 2.45) is 0 Å². The van der Waals surface area contributed by atoms with Crippen LogP contribution in [0.5, 0.6) is 0 Å². The number of furan rings is 1. The lowest BCUT2D eigenvalue weighted by Gasteiger charge is -2.05. The molecule has 28 heavy (non-hydrogen) atoms. The van der Waals surface area contributed by atoms with Crippen molar-refractivity contribution in [3.05, 3.63) is 82.3 Å². The van der Waals surface area contributed by atoms with E-state index in [9.17, 15) is 9.59 Å². The molecule has 7 heteroatoms. The quantitative estimate of drug-likeness (QED) is 0.581. The van der Waals surface area contributed by atoms with Crippen molar-refractivity contribution in [1.82, 2.24) is 19.4 Å². The molecule has 0 radical (unpaired) electrons. The zero-order chi connectivity index (χ0) is 19.7. The van der Waals surface area contributed by atoms with Crippen molar-refractivity contribution in [1.29, 1.82) is 0 Å². The molecule has 1 amide bonds. The van der Waals surface area contributed by atoms with Gasteiger partial charge in [-0.1, -0.05) is 17.7 Å². The Bertz CT molecular complexity index is 1200. The van der Waals surface area contributed by atoms with Gasteiger partial charge in [-0.25, -0.2) is 14.3 Å². The minimum absolute atomic E-state index is 0.0976. The Morgan fingerprint density at radius 1 is 1.11 bits per heavy atom. The number of aryl methyl sites for hydroxylation is 2. The van der Waals surface area contributed by atoms with Gasteiger partial charge < -0.3 is 9.73 Å². The van der Waals surface area contributed by atoms with Crippen LogP contribution in [0.15, 0.2) is 63.9 Å². The highest BCUT2D eigenvalue weighted by Gasteiger charge is 2.17. The molecule has 0 saturated carbocycles. The fourth-order valence-corrected chi connectivity index (χ4v) is 3.13. The third kappa shape index (κ3) is 3.34. The number of benzene rings is 1. The summed E-state index contributed by atoms with van der Waals surface area (Å²) in [5.41, 5.74) is 2.63. The number of nitrogens with zero attached hydrogens (tertiary/aromatic N) is 3. The van der Waals surface area contributed by atoms with Gasteiger partial charge in [0, 0.05) is 6.20 Å². The molecule has 142 valence electrons. The van der Waals surface area contributed by atoms with E-state index in [0.29, 0.717) is 22.6 Å². The number of carbonyl (C=O) groups excluding carboxylic acids is 1. The number of aromatic nitrogens is 3. The number of hydrogen-bond acceptors (Lipinski definition) is 4. The average Bonchev–Trinajstić information content (AvgIpc) is 3.23. The van der Waals surface area contributed by atoms with Crippen LogP contribution in [-0.4, -0.2) is 20.0 Å². The van der Waals surface area contributed by atoms with Gasteiger partial charge in [0.25, 0.3) is 0 Å². The highest BCUT2D eigenvalue weighted by Crippen LogP contribution is 2.16. The van der Waals surface area contributed by atoms with Crippen molar-refractivity contribution in [2.75, 3.05) is 0 Å². The Morgan fingerprint density at radius 2 is 1.89 bits per heavy atom. The van der Waals surface area contributed by atoms with Crippen LogP contribution in [0.3, 0.4) is 0 Å². The number of fused-ring (bicyclic) bond motifs is 1. The predicted octanol–water partition coefficient (Wildman–Crippen LogP) is 2.71. The molecular weight excluding hydrogens is 356 g/mol. The first kappa shape index (κ1) is 17.8. The van der Waals surface area contributed by atoms with Gasteiger partial charge in [-0.2, -0.15) is 0 Å². The fourth-order valence-electron chi connectivity index (χ4n) is 3.13. The minimum atomic E-state index is -0.304. The predicted molar refractivity (Wildman–Crippen MR) is 105 cm³/mol. The van der Waals surface area contributed by atoms with Crippen LogP contribution in [0.4, 0.5) is 0 Å². The van der Waals surface area contributed by atoms with Crippen LogP contribution in [0.2, 0.25) is 0 Å². The van der Waals surface area contributed by atoms with Crippen molar-refractivity contribution in [3.63, 3.8) is 0 Å². The molecule has 4 aromatic rings. The van der Waals surface area contributed by atoms with E-state index in [1.54, 1.807) is 18.3 Å². The summed E-state index contributed by atoms with van der Waals surface area (Å²) in [4.78, 5) is 29.9. The van der Waals surface area contributed by atoms with Crippen LogP contribution in [0.25, 0.3) is 16.9 Å². The SMILES string of the molecule is Cc1ccc(-n2c(=O)n(CC(=O)NCc3ccc(C)o3)c3cccnc32)cc1. The maximum atomic E-state index is 13.1. The second-order valence-electron chi connectivity index (χ2n) is 6.67. The topological polar surface area (TPSA) is 82.1 Å². The van der Waals surface area contributed by atoms with E-state index in [0.717, 1.165) is 11.3 Å². The minimum Gasteiger partial charge on any atom is -0.465 e. The molecule has 7 nitrogen and oxygen atoms in total. The normalized spacial score (nSPS) is 11.1. The maximum absolute atomic E-state index is 13.1. The smallest absolute Gasteiger partial charge is 0.335 e. The van der Waals surface area contributed by atoms with Gasteiger partial charge in [-0.05, 0) is 50.2 Å². The number of hydrogen-bond donors (Lipinski definition) is 1. The molecule has 1 aromatic carbocycles. The largest absolute Gasteiger partial charge is 0.465 e. The lowest BCUT2D eigenvalue weighted by Crippen LogP contribution is -2.32. The van der Waals surface area contributed by atoms with Crippen molar-refractivity contribution >= 4 is 17.1 Å². The zero-order valence-electron chi connectivity index (χ0n) is 15.7. The molecule has 0 aliphatic heterocycles. The summed E-state index contributed by atoms with van der Waals surface area (Å²) < 4.78 is 8.41. The molecule has 1 N–H and O–H groups in total. The lowest BCUT2D eigenvalue weighted by molar-refractivity contribution is -0.121. The Balaban J connectivity index is 1.65. The molecule has 3 heterocycles. The van der Waals surface area contributed by atoms with E-state index in [2.05, 4.69) is 10.3 Å². The molecule has 0 fully saturated rings. The number of amides is 1. The van der Waals surface area contributed by atoms with Crippen molar-refractivity contribution in [2.45, 2.75) is 26.9 Å². The molecule has 0 unspecified atom stereocenters. The van der Waals surface area contributed by atoms with Gasteiger partial charge in [0.2, 0.25) is 5.91 Å². The van der Waals surface area contributed by atoms with E-state index in [1.165, 1.54) is 9.13 Å². The van der Waals surface area contributed by atoms with Crippen molar-refractivity contribution in [3.8, 4) is 5.69 Å². The zero-order valence-corrected chi connectivity index (χ0v) is 15.7. The number of rotatable bonds is 5. The molecule has 0 bridgehead atoms. The van der Waals surface area contributed by atoms with E-state index in [1.807, 2.05) is 50.2 Å². The summed E-state index contributed by atoms with van der Waals surface area (Å²) in [5.74, 6) is 1.18. The van der Waals surface area contributed by atoms with Crippen LogP contribution in [0, 0.1) is 13.8 Å². The van der Waals surface area contributed by atoms with E-state index >= 15 is 0 Å². The first-order valence-electron chi connectivity index (χ1n) is 8.98. The van der Waals surface area contributed by atoms with Crippen LogP contribution >= 0.6 is 0 Å². The lowest BCUT2D eigenvalue weighted by atomic mass is 10.2. The monoisotopic (exact) mass is 376 g/mol. The summed E-state index contributed by atoms with van der Waals surface area (Å²) in [6.45, 7) is 4.01. The summed E-state index contributed by atoms with van der Waals surface area (Å²) in [6, 6.07) is 14.8. The average molecular weight is 376 g/mol. The van der Waals surface area contributed by atoms with Gasteiger partial charge in [0.1, 0.15) is 18.1 Å². The van der Waals surface area contributed by atoms with E-state index in [4.69, 9.17) is 4.42 Å². The summed E-state index contributed by atoms with van der Waals surface area (Å²) >= 11 is 0. The Kier molecular flexibility index (Phi) is 4.57. The van der Waals surface area contributed by atoms with Gasteiger partial charge in [-0.3, -0.25) is 9.36 Å². The van der Waals surface area contributed by atoms with Gasteiger partial charge in [0.15, 0.2) is 5.65 Å². The second kappa shape index (κ2) is 7.19. The maximum Gasteiger partial charge on any atom is 0.335 e. The molecule has 0 spiro atoms. The number of pyridine rings is 1. The second-order valence-corrected chi connectivity index (χ2v) is 6.67. The molecule has 0 atom stereocenters. The summed E-state index contributed by atoms with van der Waals surface area (Å²) in [7, 11) is 0. The molecule has 0 aliphatic carbocycles.